The number of ketones is 1. The van der Waals surface area contributed by atoms with Gasteiger partial charge in [0.1, 0.15) is 0 Å². The number of carbonyl (C=O) groups is 2. The van der Waals surface area contributed by atoms with Crippen LogP contribution >= 0.6 is 11.3 Å². The summed E-state index contributed by atoms with van der Waals surface area (Å²) in [6, 6.07) is 8.89. The van der Waals surface area contributed by atoms with Crippen molar-refractivity contribution in [3.05, 3.63) is 91.9 Å². The molecule has 1 N–H and O–H groups in total. The number of aromatic nitrogens is 2. The zero-order valence-corrected chi connectivity index (χ0v) is 18.7. The molecule has 1 aromatic carbocycles. The minimum Gasteiger partial charge on any atom is -0.503 e. The molecule has 31 heavy (non-hydrogen) atoms. The maximum Gasteiger partial charge on any atom is 0.290 e. The van der Waals surface area contributed by atoms with Crippen molar-refractivity contribution in [3.8, 4) is 0 Å². The zero-order valence-electron chi connectivity index (χ0n) is 17.8. The van der Waals surface area contributed by atoms with E-state index in [0.29, 0.717) is 10.6 Å². The number of rotatable bonds is 5. The Hall–Kier alpha value is -3.32. The van der Waals surface area contributed by atoms with Gasteiger partial charge in [0.05, 0.1) is 27.2 Å². The fourth-order valence-corrected chi connectivity index (χ4v) is 4.83. The zero-order chi connectivity index (χ0) is 22.3. The molecule has 7 heteroatoms. The highest BCUT2D eigenvalue weighted by molar-refractivity contribution is 7.14. The SMILES string of the molecule is Cc1ccc(C)c(CN2C(=O)C(O)=C(C(=O)c3sc(C)nc3C)C2c2ccncc2)c1. The summed E-state index contributed by atoms with van der Waals surface area (Å²) in [6.07, 6.45) is 3.24. The van der Waals surface area contributed by atoms with E-state index in [0.717, 1.165) is 27.3 Å². The highest BCUT2D eigenvalue weighted by atomic mass is 32.1. The van der Waals surface area contributed by atoms with E-state index in [1.165, 1.54) is 11.3 Å². The molecule has 1 atom stereocenters. The molecular formula is C24H23N3O3S. The first-order valence-corrected chi connectivity index (χ1v) is 10.8. The van der Waals surface area contributed by atoms with Crippen LogP contribution in [0, 0.1) is 27.7 Å². The van der Waals surface area contributed by atoms with Crippen LogP contribution < -0.4 is 0 Å². The van der Waals surface area contributed by atoms with Gasteiger partial charge in [-0.3, -0.25) is 14.6 Å². The number of thiazole rings is 1. The topological polar surface area (TPSA) is 83.4 Å². The number of aliphatic hydroxyl groups is 1. The summed E-state index contributed by atoms with van der Waals surface area (Å²) in [6.45, 7) is 7.85. The van der Waals surface area contributed by atoms with Crippen LogP contribution in [-0.4, -0.2) is 31.7 Å². The molecule has 3 heterocycles. The highest BCUT2D eigenvalue weighted by Gasteiger charge is 2.44. The maximum absolute atomic E-state index is 13.5. The highest BCUT2D eigenvalue weighted by Crippen LogP contribution is 2.41. The van der Waals surface area contributed by atoms with Gasteiger partial charge < -0.3 is 10.0 Å². The van der Waals surface area contributed by atoms with E-state index in [2.05, 4.69) is 9.97 Å². The number of benzene rings is 1. The van der Waals surface area contributed by atoms with Gasteiger partial charge in [-0.1, -0.05) is 23.8 Å². The van der Waals surface area contributed by atoms with Gasteiger partial charge in [-0.15, -0.1) is 11.3 Å². The average Bonchev–Trinajstić information content (AvgIpc) is 3.21. The largest absolute Gasteiger partial charge is 0.503 e. The predicted molar refractivity (Wildman–Crippen MR) is 119 cm³/mol. The van der Waals surface area contributed by atoms with Crippen molar-refractivity contribution in [2.75, 3.05) is 0 Å². The van der Waals surface area contributed by atoms with Crippen LogP contribution in [0.4, 0.5) is 0 Å². The number of nitrogens with zero attached hydrogens (tertiary/aromatic N) is 3. The number of hydrogen-bond acceptors (Lipinski definition) is 6. The minimum absolute atomic E-state index is 0.0910. The van der Waals surface area contributed by atoms with Crippen molar-refractivity contribution in [1.29, 1.82) is 0 Å². The molecule has 1 unspecified atom stereocenters. The molecule has 1 aliphatic heterocycles. The fourth-order valence-electron chi connectivity index (χ4n) is 3.96. The molecule has 0 radical (unpaired) electrons. The minimum atomic E-state index is -0.704. The Balaban J connectivity index is 1.82. The molecular weight excluding hydrogens is 410 g/mol. The first-order chi connectivity index (χ1) is 14.8. The molecule has 0 spiro atoms. The Morgan fingerprint density at radius 1 is 1.13 bits per heavy atom. The third-order valence-corrected chi connectivity index (χ3v) is 6.60. The number of hydrogen-bond donors (Lipinski definition) is 1. The summed E-state index contributed by atoms with van der Waals surface area (Å²) in [4.78, 5) is 37.1. The Kier molecular flexibility index (Phi) is 5.45. The summed E-state index contributed by atoms with van der Waals surface area (Å²) in [5.41, 5.74) is 4.51. The van der Waals surface area contributed by atoms with Crippen LogP contribution in [0.2, 0.25) is 0 Å². The molecule has 0 saturated carbocycles. The van der Waals surface area contributed by atoms with Crippen molar-refractivity contribution in [2.45, 2.75) is 40.3 Å². The summed E-state index contributed by atoms with van der Waals surface area (Å²) in [5.74, 6) is -1.41. The van der Waals surface area contributed by atoms with Crippen LogP contribution in [0.25, 0.3) is 0 Å². The second-order valence-corrected chi connectivity index (χ2v) is 8.99. The van der Waals surface area contributed by atoms with Crippen molar-refractivity contribution < 1.29 is 14.7 Å². The van der Waals surface area contributed by atoms with E-state index in [9.17, 15) is 14.7 Å². The van der Waals surface area contributed by atoms with Gasteiger partial charge in [0.25, 0.3) is 5.91 Å². The summed E-state index contributed by atoms with van der Waals surface area (Å²) >= 11 is 1.27. The quantitative estimate of drug-likeness (QED) is 0.597. The molecule has 0 saturated heterocycles. The van der Waals surface area contributed by atoms with Gasteiger partial charge >= 0.3 is 0 Å². The van der Waals surface area contributed by atoms with Crippen LogP contribution in [0.1, 0.15) is 48.7 Å². The lowest BCUT2D eigenvalue weighted by Gasteiger charge is -2.27. The Bertz CT molecular complexity index is 1210. The van der Waals surface area contributed by atoms with Crippen molar-refractivity contribution >= 4 is 23.0 Å². The van der Waals surface area contributed by atoms with Crippen molar-refractivity contribution in [1.82, 2.24) is 14.9 Å². The number of aliphatic hydroxyl groups excluding tert-OH is 1. The normalized spacial score (nSPS) is 16.3. The van der Waals surface area contributed by atoms with Crippen LogP contribution in [-0.2, 0) is 11.3 Å². The van der Waals surface area contributed by atoms with Crippen LogP contribution in [0.15, 0.2) is 54.1 Å². The molecule has 1 amide bonds. The van der Waals surface area contributed by atoms with E-state index in [-0.39, 0.29) is 17.9 Å². The average molecular weight is 434 g/mol. The number of aryl methyl sites for hydroxylation is 4. The predicted octanol–water partition coefficient (Wildman–Crippen LogP) is 4.55. The molecule has 0 fully saturated rings. The summed E-state index contributed by atoms with van der Waals surface area (Å²) in [7, 11) is 0. The molecule has 3 aromatic rings. The van der Waals surface area contributed by atoms with E-state index in [1.54, 1.807) is 36.4 Å². The van der Waals surface area contributed by atoms with Crippen molar-refractivity contribution in [2.24, 2.45) is 0 Å². The Morgan fingerprint density at radius 3 is 2.48 bits per heavy atom. The van der Waals surface area contributed by atoms with Crippen LogP contribution in [0.3, 0.4) is 0 Å². The van der Waals surface area contributed by atoms with E-state index >= 15 is 0 Å². The van der Waals surface area contributed by atoms with Gasteiger partial charge in [0.15, 0.2) is 5.76 Å². The van der Waals surface area contributed by atoms with Gasteiger partial charge in [-0.2, -0.15) is 0 Å². The van der Waals surface area contributed by atoms with E-state index in [4.69, 9.17) is 0 Å². The third kappa shape index (κ3) is 3.77. The number of amides is 1. The molecule has 6 nitrogen and oxygen atoms in total. The monoisotopic (exact) mass is 433 g/mol. The van der Waals surface area contributed by atoms with Crippen molar-refractivity contribution in [3.63, 3.8) is 0 Å². The number of Topliss-reactive ketones (excluding diaryl/α,β-unsaturated/α-hetero) is 1. The lowest BCUT2D eigenvalue weighted by Crippen LogP contribution is -2.31. The molecule has 1 aliphatic rings. The van der Waals surface area contributed by atoms with Gasteiger partial charge in [-0.25, -0.2) is 4.98 Å². The maximum atomic E-state index is 13.5. The number of carbonyl (C=O) groups excluding carboxylic acids is 2. The first-order valence-electron chi connectivity index (χ1n) is 9.96. The Morgan fingerprint density at radius 2 is 1.84 bits per heavy atom. The molecule has 4 rings (SSSR count). The third-order valence-electron chi connectivity index (χ3n) is 5.53. The van der Waals surface area contributed by atoms with E-state index < -0.39 is 17.7 Å². The van der Waals surface area contributed by atoms with Gasteiger partial charge in [-0.05, 0) is 56.5 Å². The van der Waals surface area contributed by atoms with Crippen LogP contribution in [0.5, 0.6) is 0 Å². The standard InChI is InChI=1S/C24H23N3O3S/c1-13-5-6-14(2)18(11-13)12-27-20(17-7-9-25-10-8-17)19(22(29)24(27)30)21(28)23-15(3)26-16(4)31-23/h5-11,20,29H,12H2,1-4H3. The molecule has 158 valence electrons. The fraction of sp³-hybridized carbons (Fsp3) is 0.250. The lowest BCUT2D eigenvalue weighted by atomic mass is 9.95. The first kappa shape index (κ1) is 20.9. The van der Waals surface area contributed by atoms with Gasteiger partial charge in [0, 0.05) is 18.9 Å². The second kappa shape index (κ2) is 8.07. The molecule has 0 aliphatic carbocycles. The summed E-state index contributed by atoms with van der Waals surface area (Å²) < 4.78 is 0. The lowest BCUT2D eigenvalue weighted by molar-refractivity contribution is -0.130. The molecule has 2 aromatic heterocycles. The second-order valence-electron chi connectivity index (χ2n) is 7.78. The number of pyridine rings is 1. The Labute approximate surface area is 184 Å². The summed E-state index contributed by atoms with van der Waals surface area (Å²) in [5, 5.41) is 11.6. The smallest absolute Gasteiger partial charge is 0.290 e. The van der Waals surface area contributed by atoms with E-state index in [1.807, 2.05) is 39.0 Å². The van der Waals surface area contributed by atoms with Gasteiger partial charge in [0.2, 0.25) is 5.78 Å². The molecule has 0 bridgehead atoms.